The van der Waals surface area contributed by atoms with Crippen LogP contribution in [0.25, 0.3) is 0 Å². The molecule has 0 unspecified atom stereocenters. The van der Waals surface area contributed by atoms with Gasteiger partial charge >= 0.3 is 0 Å². The number of aryl methyl sites for hydroxylation is 2. The molecule has 0 fully saturated rings. The first kappa shape index (κ1) is 12.8. The van der Waals surface area contributed by atoms with Crippen molar-refractivity contribution in [3.63, 3.8) is 0 Å². The molecular formula is C11H11ClN4OS. The highest BCUT2D eigenvalue weighted by molar-refractivity contribution is 7.17. The van der Waals surface area contributed by atoms with E-state index in [1.165, 1.54) is 0 Å². The van der Waals surface area contributed by atoms with Crippen molar-refractivity contribution in [3.05, 3.63) is 33.6 Å². The lowest BCUT2D eigenvalue weighted by Gasteiger charge is -2.08. The lowest BCUT2D eigenvalue weighted by atomic mass is 10.2. The number of aromatic nitrogens is 2. The number of rotatable bonds is 2. The second-order valence-corrected chi connectivity index (χ2v) is 5.10. The lowest BCUT2D eigenvalue weighted by molar-refractivity contribution is 0.102. The first-order valence-corrected chi connectivity index (χ1v) is 6.34. The van der Waals surface area contributed by atoms with Crippen molar-refractivity contribution in [3.8, 4) is 0 Å². The molecule has 0 atom stereocenters. The highest BCUT2D eigenvalue weighted by Crippen LogP contribution is 2.26. The first-order chi connectivity index (χ1) is 8.49. The van der Waals surface area contributed by atoms with Gasteiger partial charge in [0.05, 0.1) is 11.4 Å². The molecule has 2 rings (SSSR count). The number of nitrogen functional groups attached to an aromatic ring is 1. The molecule has 0 spiro atoms. The van der Waals surface area contributed by atoms with E-state index in [1.807, 2.05) is 6.92 Å². The van der Waals surface area contributed by atoms with E-state index in [2.05, 4.69) is 15.3 Å². The molecule has 2 aromatic heterocycles. The highest BCUT2D eigenvalue weighted by atomic mass is 35.5. The van der Waals surface area contributed by atoms with Crippen LogP contribution in [0.1, 0.15) is 20.9 Å². The number of halogens is 1. The summed E-state index contributed by atoms with van der Waals surface area (Å²) < 4.78 is 0. The summed E-state index contributed by atoms with van der Waals surface area (Å²) in [7, 11) is 0. The van der Waals surface area contributed by atoms with E-state index in [0.717, 1.165) is 16.9 Å². The molecule has 18 heavy (non-hydrogen) atoms. The van der Waals surface area contributed by atoms with Gasteiger partial charge in [0.1, 0.15) is 4.88 Å². The fourth-order valence-corrected chi connectivity index (χ4v) is 2.45. The van der Waals surface area contributed by atoms with E-state index in [9.17, 15) is 4.79 Å². The van der Waals surface area contributed by atoms with Crippen molar-refractivity contribution in [2.75, 3.05) is 11.1 Å². The monoisotopic (exact) mass is 282 g/mol. The second-order valence-electron chi connectivity index (χ2n) is 3.71. The van der Waals surface area contributed by atoms with Gasteiger partial charge in [-0.05, 0) is 25.5 Å². The zero-order chi connectivity index (χ0) is 13.3. The molecule has 1 amide bonds. The largest absolute Gasteiger partial charge is 0.375 e. The predicted molar refractivity (Wildman–Crippen MR) is 73.2 cm³/mol. The van der Waals surface area contributed by atoms with Crippen molar-refractivity contribution >= 4 is 39.7 Å². The van der Waals surface area contributed by atoms with Gasteiger partial charge in [-0.2, -0.15) is 0 Å². The van der Waals surface area contributed by atoms with Crippen molar-refractivity contribution in [1.82, 2.24) is 9.97 Å². The van der Waals surface area contributed by atoms with Gasteiger partial charge in [0.15, 0.2) is 10.3 Å². The quantitative estimate of drug-likeness (QED) is 0.830. The molecular weight excluding hydrogens is 272 g/mol. The Morgan fingerprint density at radius 3 is 2.78 bits per heavy atom. The molecule has 2 heterocycles. The van der Waals surface area contributed by atoms with E-state index >= 15 is 0 Å². The molecule has 94 valence electrons. The number of pyridine rings is 1. The number of hydrogen-bond acceptors (Lipinski definition) is 5. The SMILES string of the molecule is Cc1ccnc(Cl)c1NC(=O)c1sc(N)nc1C. The fourth-order valence-electron chi connectivity index (χ4n) is 1.47. The summed E-state index contributed by atoms with van der Waals surface area (Å²) in [6, 6.07) is 1.77. The van der Waals surface area contributed by atoms with Crippen LogP contribution in [0.5, 0.6) is 0 Å². The summed E-state index contributed by atoms with van der Waals surface area (Å²) in [6.45, 7) is 3.58. The Morgan fingerprint density at radius 2 is 2.22 bits per heavy atom. The van der Waals surface area contributed by atoms with E-state index in [4.69, 9.17) is 17.3 Å². The van der Waals surface area contributed by atoms with Gasteiger partial charge in [0, 0.05) is 6.20 Å². The lowest BCUT2D eigenvalue weighted by Crippen LogP contribution is -2.13. The van der Waals surface area contributed by atoms with E-state index in [-0.39, 0.29) is 11.1 Å². The number of hydrogen-bond donors (Lipinski definition) is 2. The minimum atomic E-state index is -0.278. The van der Waals surface area contributed by atoms with Crippen molar-refractivity contribution in [2.45, 2.75) is 13.8 Å². The molecule has 2 aromatic rings. The van der Waals surface area contributed by atoms with Gasteiger partial charge in [0.2, 0.25) is 0 Å². The van der Waals surface area contributed by atoms with Crippen LogP contribution in [0.4, 0.5) is 10.8 Å². The van der Waals surface area contributed by atoms with Crippen LogP contribution in [-0.2, 0) is 0 Å². The van der Waals surface area contributed by atoms with Crippen LogP contribution in [0.15, 0.2) is 12.3 Å². The maximum absolute atomic E-state index is 12.1. The maximum Gasteiger partial charge on any atom is 0.267 e. The topological polar surface area (TPSA) is 80.9 Å². The van der Waals surface area contributed by atoms with Crippen LogP contribution in [0, 0.1) is 13.8 Å². The van der Waals surface area contributed by atoms with E-state index in [0.29, 0.717) is 21.4 Å². The summed E-state index contributed by atoms with van der Waals surface area (Å²) in [5.74, 6) is -0.278. The molecule has 7 heteroatoms. The van der Waals surface area contributed by atoms with E-state index in [1.54, 1.807) is 19.2 Å². The Bertz CT molecular complexity index is 591. The minimum absolute atomic E-state index is 0.262. The van der Waals surface area contributed by atoms with Crippen molar-refractivity contribution < 1.29 is 4.79 Å². The average Bonchev–Trinajstić information content (AvgIpc) is 2.63. The number of nitrogens with zero attached hydrogens (tertiary/aromatic N) is 2. The highest BCUT2D eigenvalue weighted by Gasteiger charge is 2.16. The number of amides is 1. The summed E-state index contributed by atoms with van der Waals surface area (Å²) in [6.07, 6.45) is 1.59. The fraction of sp³-hybridized carbons (Fsp3) is 0.182. The number of thiazole rings is 1. The molecule has 3 N–H and O–H groups in total. The van der Waals surface area contributed by atoms with Crippen LogP contribution >= 0.6 is 22.9 Å². The normalized spacial score (nSPS) is 10.4. The zero-order valence-corrected chi connectivity index (χ0v) is 11.4. The Kier molecular flexibility index (Phi) is 3.49. The Labute approximate surface area is 113 Å². The van der Waals surface area contributed by atoms with Crippen LogP contribution < -0.4 is 11.1 Å². The Morgan fingerprint density at radius 1 is 1.50 bits per heavy atom. The molecule has 0 bridgehead atoms. The van der Waals surface area contributed by atoms with Gasteiger partial charge in [-0.3, -0.25) is 4.79 Å². The van der Waals surface area contributed by atoms with Crippen LogP contribution in [0.3, 0.4) is 0 Å². The van der Waals surface area contributed by atoms with Gasteiger partial charge in [-0.25, -0.2) is 9.97 Å². The molecule has 0 saturated heterocycles. The predicted octanol–water partition coefficient (Wildman–Crippen LogP) is 2.64. The van der Waals surface area contributed by atoms with Crippen molar-refractivity contribution in [1.29, 1.82) is 0 Å². The Hall–Kier alpha value is -1.66. The first-order valence-electron chi connectivity index (χ1n) is 5.14. The maximum atomic E-state index is 12.1. The summed E-state index contributed by atoms with van der Waals surface area (Å²) >= 11 is 7.09. The summed E-state index contributed by atoms with van der Waals surface area (Å²) in [4.78, 5) is 20.5. The summed E-state index contributed by atoms with van der Waals surface area (Å²) in [5.41, 5.74) is 7.52. The second kappa shape index (κ2) is 4.91. The molecule has 5 nitrogen and oxygen atoms in total. The van der Waals surface area contributed by atoms with Crippen LogP contribution in [0.2, 0.25) is 5.15 Å². The Balaban J connectivity index is 2.30. The van der Waals surface area contributed by atoms with Crippen LogP contribution in [-0.4, -0.2) is 15.9 Å². The smallest absolute Gasteiger partial charge is 0.267 e. The third-order valence-corrected chi connectivity index (χ3v) is 3.64. The van der Waals surface area contributed by atoms with Gasteiger partial charge in [-0.1, -0.05) is 22.9 Å². The third kappa shape index (κ3) is 2.44. The van der Waals surface area contributed by atoms with Gasteiger partial charge in [-0.15, -0.1) is 0 Å². The average molecular weight is 283 g/mol. The standard InChI is InChI=1S/C11H11ClN4OS/c1-5-3-4-14-9(12)7(5)16-10(17)8-6(2)15-11(13)18-8/h3-4H,1-2H3,(H2,13,15)(H,16,17). The van der Waals surface area contributed by atoms with Gasteiger partial charge in [0.25, 0.3) is 5.91 Å². The third-order valence-electron chi connectivity index (χ3n) is 2.37. The number of nitrogens with two attached hydrogens (primary N) is 1. The molecule has 0 aromatic carbocycles. The number of nitrogens with one attached hydrogen (secondary N) is 1. The van der Waals surface area contributed by atoms with Crippen molar-refractivity contribution in [2.24, 2.45) is 0 Å². The number of carbonyl (C=O) groups excluding carboxylic acids is 1. The molecule has 0 aliphatic carbocycles. The minimum Gasteiger partial charge on any atom is -0.375 e. The van der Waals surface area contributed by atoms with E-state index < -0.39 is 0 Å². The molecule has 0 aliphatic heterocycles. The number of carbonyl (C=O) groups is 1. The summed E-state index contributed by atoms with van der Waals surface area (Å²) in [5, 5.41) is 3.36. The number of anilines is 2. The van der Waals surface area contributed by atoms with Gasteiger partial charge < -0.3 is 11.1 Å². The molecule has 0 saturated carbocycles. The zero-order valence-electron chi connectivity index (χ0n) is 9.82. The molecule has 0 aliphatic rings. The molecule has 0 radical (unpaired) electrons.